The Bertz CT molecular complexity index is 488. The lowest BCUT2D eigenvalue weighted by molar-refractivity contribution is 0.460. The Morgan fingerprint density at radius 1 is 1.37 bits per heavy atom. The van der Waals surface area contributed by atoms with E-state index < -0.39 is 0 Å². The summed E-state index contributed by atoms with van der Waals surface area (Å²) in [7, 11) is 0. The van der Waals surface area contributed by atoms with E-state index in [0.717, 1.165) is 12.8 Å². The lowest BCUT2D eigenvalue weighted by Crippen LogP contribution is -2.38. The SMILES string of the molecule is NCC(Nc1nccn(C2CC2)c1=O)C1CCCC1. The largest absolute Gasteiger partial charge is 0.361 e. The third-order valence-electron chi connectivity index (χ3n) is 4.35. The molecule has 2 saturated carbocycles. The molecule has 2 fully saturated rings. The van der Waals surface area contributed by atoms with E-state index in [4.69, 9.17) is 5.73 Å². The van der Waals surface area contributed by atoms with Gasteiger partial charge in [-0.1, -0.05) is 12.8 Å². The quantitative estimate of drug-likeness (QED) is 0.843. The van der Waals surface area contributed by atoms with Crippen molar-refractivity contribution in [3.05, 3.63) is 22.7 Å². The number of nitrogens with zero attached hydrogens (tertiary/aromatic N) is 2. The Morgan fingerprint density at radius 2 is 2.11 bits per heavy atom. The topological polar surface area (TPSA) is 72.9 Å². The first-order valence-electron chi connectivity index (χ1n) is 7.33. The van der Waals surface area contributed by atoms with E-state index in [0.29, 0.717) is 24.3 Å². The molecule has 0 aromatic carbocycles. The van der Waals surface area contributed by atoms with Crippen LogP contribution in [0.2, 0.25) is 0 Å². The molecule has 2 aliphatic rings. The zero-order chi connectivity index (χ0) is 13.2. The Labute approximate surface area is 113 Å². The predicted octanol–water partition coefficient (Wildman–Crippen LogP) is 1.51. The molecular weight excluding hydrogens is 240 g/mol. The summed E-state index contributed by atoms with van der Waals surface area (Å²) in [5.74, 6) is 1.05. The smallest absolute Gasteiger partial charge is 0.293 e. The molecule has 2 aliphatic carbocycles. The summed E-state index contributed by atoms with van der Waals surface area (Å²) >= 11 is 0. The molecule has 0 bridgehead atoms. The maximum absolute atomic E-state index is 12.3. The minimum Gasteiger partial charge on any atom is -0.361 e. The van der Waals surface area contributed by atoms with Gasteiger partial charge in [0.15, 0.2) is 5.82 Å². The number of aromatic nitrogens is 2. The molecule has 1 aromatic rings. The molecule has 104 valence electrons. The van der Waals surface area contributed by atoms with Crippen molar-refractivity contribution in [2.45, 2.75) is 50.6 Å². The van der Waals surface area contributed by atoms with Gasteiger partial charge in [-0.3, -0.25) is 4.79 Å². The fourth-order valence-electron chi connectivity index (χ4n) is 3.07. The minimum absolute atomic E-state index is 0.00134. The molecule has 3 N–H and O–H groups in total. The maximum atomic E-state index is 12.3. The summed E-state index contributed by atoms with van der Waals surface area (Å²) in [6.45, 7) is 0.560. The molecule has 0 amide bonds. The molecule has 0 saturated heterocycles. The van der Waals surface area contributed by atoms with Crippen molar-refractivity contribution in [3.8, 4) is 0 Å². The van der Waals surface area contributed by atoms with Crippen LogP contribution in [0.15, 0.2) is 17.2 Å². The number of nitrogens with two attached hydrogens (primary N) is 1. The van der Waals surface area contributed by atoms with Crippen molar-refractivity contribution in [2.75, 3.05) is 11.9 Å². The van der Waals surface area contributed by atoms with Gasteiger partial charge < -0.3 is 15.6 Å². The van der Waals surface area contributed by atoms with Gasteiger partial charge in [0.05, 0.1) is 0 Å². The van der Waals surface area contributed by atoms with Gasteiger partial charge in [-0.05, 0) is 31.6 Å². The van der Waals surface area contributed by atoms with Gasteiger partial charge in [0, 0.05) is 31.0 Å². The van der Waals surface area contributed by atoms with Gasteiger partial charge in [0.2, 0.25) is 0 Å². The highest BCUT2D eigenvalue weighted by Crippen LogP contribution is 2.33. The number of anilines is 1. The van der Waals surface area contributed by atoms with E-state index in [1.165, 1.54) is 25.7 Å². The number of hydrogen-bond donors (Lipinski definition) is 2. The zero-order valence-corrected chi connectivity index (χ0v) is 11.2. The fraction of sp³-hybridized carbons (Fsp3) is 0.714. The Balaban J connectivity index is 1.77. The fourth-order valence-corrected chi connectivity index (χ4v) is 3.07. The maximum Gasteiger partial charge on any atom is 0.293 e. The molecule has 5 nitrogen and oxygen atoms in total. The molecular formula is C14H22N4O. The lowest BCUT2D eigenvalue weighted by atomic mass is 9.98. The summed E-state index contributed by atoms with van der Waals surface area (Å²) in [6, 6.07) is 0.566. The van der Waals surface area contributed by atoms with Crippen LogP contribution in [0.25, 0.3) is 0 Å². The molecule has 0 aliphatic heterocycles. The second-order valence-corrected chi connectivity index (χ2v) is 5.75. The van der Waals surface area contributed by atoms with Crippen molar-refractivity contribution in [1.29, 1.82) is 0 Å². The number of rotatable bonds is 5. The molecule has 1 heterocycles. The third-order valence-corrected chi connectivity index (χ3v) is 4.35. The van der Waals surface area contributed by atoms with E-state index in [1.54, 1.807) is 17.0 Å². The van der Waals surface area contributed by atoms with E-state index in [-0.39, 0.29) is 11.6 Å². The Kier molecular flexibility index (Phi) is 3.55. The zero-order valence-electron chi connectivity index (χ0n) is 11.2. The molecule has 0 radical (unpaired) electrons. The van der Waals surface area contributed by atoms with Crippen LogP contribution in [0.3, 0.4) is 0 Å². The van der Waals surface area contributed by atoms with Crippen molar-refractivity contribution < 1.29 is 0 Å². The summed E-state index contributed by atoms with van der Waals surface area (Å²) < 4.78 is 1.80. The van der Waals surface area contributed by atoms with Crippen LogP contribution >= 0.6 is 0 Å². The van der Waals surface area contributed by atoms with Gasteiger partial charge in [-0.2, -0.15) is 0 Å². The highest BCUT2D eigenvalue weighted by molar-refractivity contribution is 5.33. The van der Waals surface area contributed by atoms with Crippen LogP contribution < -0.4 is 16.6 Å². The monoisotopic (exact) mass is 262 g/mol. The summed E-state index contributed by atoms with van der Waals surface area (Å²) in [6.07, 6.45) is 10.7. The van der Waals surface area contributed by atoms with E-state index in [9.17, 15) is 4.79 Å². The van der Waals surface area contributed by atoms with Crippen molar-refractivity contribution in [1.82, 2.24) is 9.55 Å². The average Bonchev–Trinajstić information content (AvgIpc) is 3.12. The van der Waals surface area contributed by atoms with Crippen LogP contribution in [0.4, 0.5) is 5.82 Å². The van der Waals surface area contributed by atoms with Gasteiger partial charge in [-0.25, -0.2) is 4.98 Å². The lowest BCUT2D eigenvalue weighted by Gasteiger charge is -2.23. The predicted molar refractivity (Wildman–Crippen MR) is 75.2 cm³/mol. The van der Waals surface area contributed by atoms with Crippen molar-refractivity contribution in [3.63, 3.8) is 0 Å². The van der Waals surface area contributed by atoms with E-state index in [2.05, 4.69) is 10.3 Å². The normalized spacial score (nSPS) is 21.5. The molecule has 1 atom stereocenters. The Hall–Kier alpha value is -1.36. The number of nitrogens with one attached hydrogen (secondary N) is 1. The first-order chi connectivity index (χ1) is 9.29. The van der Waals surface area contributed by atoms with Crippen molar-refractivity contribution in [2.24, 2.45) is 11.7 Å². The van der Waals surface area contributed by atoms with Gasteiger partial charge in [-0.15, -0.1) is 0 Å². The van der Waals surface area contributed by atoms with Crippen molar-refractivity contribution >= 4 is 5.82 Å². The molecule has 5 heteroatoms. The first kappa shape index (κ1) is 12.7. The van der Waals surface area contributed by atoms with Crippen LogP contribution in [-0.4, -0.2) is 22.1 Å². The van der Waals surface area contributed by atoms with Crippen LogP contribution in [-0.2, 0) is 0 Å². The van der Waals surface area contributed by atoms with Crippen LogP contribution in [0, 0.1) is 5.92 Å². The molecule has 1 aromatic heterocycles. The summed E-state index contributed by atoms with van der Waals surface area (Å²) in [5, 5.41) is 3.29. The van der Waals surface area contributed by atoms with E-state index >= 15 is 0 Å². The minimum atomic E-state index is 0.00134. The molecule has 19 heavy (non-hydrogen) atoms. The van der Waals surface area contributed by atoms with Crippen LogP contribution in [0.1, 0.15) is 44.6 Å². The second kappa shape index (κ2) is 5.33. The van der Waals surface area contributed by atoms with Gasteiger partial charge in [0.25, 0.3) is 5.56 Å². The summed E-state index contributed by atoms with van der Waals surface area (Å²) in [5.41, 5.74) is 5.86. The average molecular weight is 262 g/mol. The van der Waals surface area contributed by atoms with E-state index in [1.807, 2.05) is 0 Å². The van der Waals surface area contributed by atoms with Crippen LogP contribution in [0.5, 0.6) is 0 Å². The van der Waals surface area contributed by atoms with Gasteiger partial charge >= 0.3 is 0 Å². The molecule has 0 spiro atoms. The molecule has 1 unspecified atom stereocenters. The second-order valence-electron chi connectivity index (χ2n) is 5.75. The highest BCUT2D eigenvalue weighted by Gasteiger charge is 2.27. The Morgan fingerprint density at radius 3 is 2.74 bits per heavy atom. The third kappa shape index (κ3) is 2.66. The molecule has 3 rings (SSSR count). The summed E-state index contributed by atoms with van der Waals surface area (Å²) in [4.78, 5) is 16.5. The highest BCUT2D eigenvalue weighted by atomic mass is 16.1. The number of hydrogen-bond acceptors (Lipinski definition) is 4. The standard InChI is InChI=1S/C14H22N4O/c15-9-12(10-3-1-2-4-10)17-13-14(19)18(8-7-16-13)11-5-6-11/h7-8,10-12H,1-6,9,15H2,(H,16,17). The first-order valence-corrected chi connectivity index (χ1v) is 7.33. The van der Waals surface area contributed by atoms with Gasteiger partial charge in [0.1, 0.15) is 0 Å².